The topological polar surface area (TPSA) is 61.7 Å². The van der Waals surface area contributed by atoms with Gasteiger partial charge in [-0.25, -0.2) is 5.43 Å². The number of hydrogen-bond acceptors (Lipinski definition) is 4. The van der Waals surface area contributed by atoms with Crippen molar-refractivity contribution in [3.63, 3.8) is 0 Å². The Balaban J connectivity index is 2.50. The number of aliphatic hydroxyl groups is 1. The zero-order valence-corrected chi connectivity index (χ0v) is 8.10. The van der Waals surface area contributed by atoms with Gasteiger partial charge in [0.2, 0.25) is 0 Å². The van der Waals surface area contributed by atoms with E-state index in [1.807, 2.05) is 0 Å². The molecule has 70 valence electrons. The van der Waals surface area contributed by atoms with Crippen LogP contribution in [0.5, 0.6) is 0 Å². The zero-order valence-electron chi connectivity index (χ0n) is 6.53. The highest BCUT2D eigenvalue weighted by atomic mass is 35.5. The van der Waals surface area contributed by atoms with Gasteiger partial charge in [0.15, 0.2) is 0 Å². The van der Waals surface area contributed by atoms with Gasteiger partial charge in [0.25, 0.3) is 5.91 Å². The van der Waals surface area contributed by atoms with Crippen LogP contribution < -0.4 is 5.43 Å². The normalized spacial score (nSPS) is 10.6. The van der Waals surface area contributed by atoms with E-state index in [1.54, 1.807) is 10.8 Å². The van der Waals surface area contributed by atoms with Crippen LogP contribution in [0.1, 0.15) is 5.56 Å². The highest BCUT2D eigenvalue weighted by Crippen LogP contribution is 2.18. The van der Waals surface area contributed by atoms with E-state index in [1.165, 1.54) is 17.6 Å². The van der Waals surface area contributed by atoms with Crippen LogP contribution in [0.3, 0.4) is 0 Å². The summed E-state index contributed by atoms with van der Waals surface area (Å²) >= 11 is 7.19. The molecule has 1 rings (SSSR count). The molecule has 0 saturated carbocycles. The van der Waals surface area contributed by atoms with Crippen molar-refractivity contribution in [3.05, 3.63) is 21.3 Å². The third kappa shape index (κ3) is 3.14. The van der Waals surface area contributed by atoms with E-state index in [0.29, 0.717) is 5.02 Å². The molecule has 0 unspecified atom stereocenters. The average molecular weight is 219 g/mol. The van der Waals surface area contributed by atoms with Crippen molar-refractivity contribution in [2.45, 2.75) is 0 Å². The molecule has 0 bridgehead atoms. The molecule has 6 heteroatoms. The fourth-order valence-corrected chi connectivity index (χ4v) is 1.57. The number of halogens is 1. The van der Waals surface area contributed by atoms with Crippen molar-refractivity contribution in [3.8, 4) is 0 Å². The van der Waals surface area contributed by atoms with E-state index in [2.05, 4.69) is 10.5 Å². The van der Waals surface area contributed by atoms with Crippen molar-refractivity contribution < 1.29 is 9.90 Å². The molecule has 0 aromatic carbocycles. The molecular weight excluding hydrogens is 212 g/mol. The molecule has 0 aliphatic heterocycles. The van der Waals surface area contributed by atoms with Crippen LogP contribution in [0, 0.1) is 0 Å². The second-order valence-electron chi connectivity index (χ2n) is 2.13. The molecule has 0 saturated heterocycles. The van der Waals surface area contributed by atoms with E-state index < -0.39 is 12.5 Å². The van der Waals surface area contributed by atoms with Crippen LogP contribution in [0.2, 0.25) is 5.02 Å². The Morgan fingerprint density at radius 1 is 1.77 bits per heavy atom. The number of carbonyl (C=O) groups is 1. The average Bonchev–Trinajstić information content (AvgIpc) is 2.52. The summed E-state index contributed by atoms with van der Waals surface area (Å²) in [5, 5.41) is 16.1. The van der Waals surface area contributed by atoms with Gasteiger partial charge in [0, 0.05) is 16.3 Å². The van der Waals surface area contributed by atoms with Gasteiger partial charge in [0.05, 0.1) is 11.2 Å². The predicted molar refractivity (Wildman–Crippen MR) is 52.2 cm³/mol. The molecule has 0 aliphatic rings. The third-order valence-corrected chi connectivity index (χ3v) is 2.40. The van der Waals surface area contributed by atoms with Gasteiger partial charge in [-0.15, -0.1) is 0 Å². The maximum atomic E-state index is 10.5. The number of hydrogen-bond donors (Lipinski definition) is 2. The second kappa shape index (κ2) is 4.96. The third-order valence-electron chi connectivity index (χ3n) is 1.18. The van der Waals surface area contributed by atoms with Crippen molar-refractivity contribution in [1.82, 2.24) is 5.43 Å². The van der Waals surface area contributed by atoms with Crippen LogP contribution in [-0.2, 0) is 4.79 Å². The number of aliphatic hydroxyl groups excluding tert-OH is 1. The molecule has 0 spiro atoms. The van der Waals surface area contributed by atoms with E-state index in [9.17, 15) is 4.79 Å². The Labute approximate surface area is 83.8 Å². The summed E-state index contributed by atoms with van der Waals surface area (Å²) in [5.41, 5.74) is 2.86. The van der Waals surface area contributed by atoms with Crippen LogP contribution in [-0.4, -0.2) is 23.8 Å². The summed E-state index contributed by atoms with van der Waals surface area (Å²) in [6.07, 6.45) is 1.42. The zero-order chi connectivity index (χ0) is 9.68. The van der Waals surface area contributed by atoms with Gasteiger partial charge in [-0.2, -0.15) is 16.4 Å². The first-order chi connectivity index (χ1) is 6.24. The minimum Gasteiger partial charge on any atom is -0.386 e. The van der Waals surface area contributed by atoms with Gasteiger partial charge < -0.3 is 5.11 Å². The molecular formula is C7H7ClN2O2S. The Kier molecular flexibility index (Phi) is 3.88. The Morgan fingerprint density at radius 3 is 3.08 bits per heavy atom. The van der Waals surface area contributed by atoms with Gasteiger partial charge in [0.1, 0.15) is 6.61 Å². The van der Waals surface area contributed by atoms with Gasteiger partial charge >= 0.3 is 0 Å². The summed E-state index contributed by atoms with van der Waals surface area (Å²) in [6.45, 7) is -0.575. The van der Waals surface area contributed by atoms with Crippen molar-refractivity contribution in [2.75, 3.05) is 6.61 Å². The van der Waals surface area contributed by atoms with Crippen molar-refractivity contribution >= 4 is 35.1 Å². The number of hydrazone groups is 1. The molecule has 0 aliphatic carbocycles. The number of nitrogens with one attached hydrogen (secondary N) is 1. The fraction of sp³-hybridized carbons (Fsp3) is 0.143. The minimum atomic E-state index is -0.575. The summed E-state index contributed by atoms with van der Waals surface area (Å²) < 4.78 is 0. The maximum absolute atomic E-state index is 10.5. The minimum absolute atomic E-state index is 0.553. The molecule has 0 atom stereocenters. The maximum Gasteiger partial charge on any atom is 0.265 e. The largest absolute Gasteiger partial charge is 0.386 e. The van der Waals surface area contributed by atoms with Gasteiger partial charge in [-0.3, -0.25) is 4.79 Å². The van der Waals surface area contributed by atoms with E-state index in [-0.39, 0.29) is 0 Å². The fourth-order valence-electron chi connectivity index (χ4n) is 0.593. The Morgan fingerprint density at radius 2 is 2.54 bits per heavy atom. The number of carbonyl (C=O) groups excluding carboxylic acids is 1. The molecule has 1 heterocycles. The van der Waals surface area contributed by atoms with E-state index in [0.717, 1.165) is 5.56 Å². The monoisotopic (exact) mass is 218 g/mol. The number of rotatable bonds is 3. The number of nitrogens with zero attached hydrogens (tertiary/aromatic N) is 1. The van der Waals surface area contributed by atoms with E-state index >= 15 is 0 Å². The van der Waals surface area contributed by atoms with Crippen LogP contribution in [0.15, 0.2) is 15.9 Å². The molecule has 13 heavy (non-hydrogen) atoms. The quantitative estimate of drug-likeness (QED) is 0.584. The Hall–Kier alpha value is -0.910. The summed E-state index contributed by atoms with van der Waals surface area (Å²) in [5.74, 6) is -0.553. The lowest BCUT2D eigenvalue weighted by molar-refractivity contribution is -0.123. The van der Waals surface area contributed by atoms with Crippen molar-refractivity contribution in [2.24, 2.45) is 5.10 Å². The Bertz CT molecular complexity index is 324. The highest BCUT2D eigenvalue weighted by molar-refractivity contribution is 7.08. The summed E-state index contributed by atoms with van der Waals surface area (Å²) in [4.78, 5) is 10.5. The lowest BCUT2D eigenvalue weighted by Crippen LogP contribution is -2.20. The lowest BCUT2D eigenvalue weighted by Gasteiger charge is -1.92. The molecule has 2 N–H and O–H groups in total. The number of thiophene rings is 1. The molecule has 4 nitrogen and oxygen atoms in total. The summed E-state index contributed by atoms with van der Waals surface area (Å²) in [7, 11) is 0. The molecule has 1 aromatic rings. The summed E-state index contributed by atoms with van der Waals surface area (Å²) in [6, 6.07) is 0. The van der Waals surface area contributed by atoms with Crippen LogP contribution in [0.25, 0.3) is 0 Å². The van der Waals surface area contributed by atoms with Gasteiger partial charge in [-0.1, -0.05) is 11.6 Å². The van der Waals surface area contributed by atoms with Gasteiger partial charge in [-0.05, 0) is 0 Å². The lowest BCUT2D eigenvalue weighted by atomic mass is 10.4. The first-order valence-corrected chi connectivity index (χ1v) is 4.70. The number of amides is 1. The first kappa shape index (κ1) is 10.2. The van der Waals surface area contributed by atoms with E-state index in [4.69, 9.17) is 16.7 Å². The van der Waals surface area contributed by atoms with Crippen molar-refractivity contribution in [1.29, 1.82) is 0 Å². The molecule has 0 fully saturated rings. The second-order valence-corrected chi connectivity index (χ2v) is 3.28. The highest BCUT2D eigenvalue weighted by Gasteiger charge is 1.97. The molecule has 1 amide bonds. The predicted octanol–water partition coefficient (Wildman–Crippen LogP) is 0.844. The molecule has 1 aromatic heterocycles. The first-order valence-electron chi connectivity index (χ1n) is 3.38. The molecule has 0 radical (unpaired) electrons. The standard InChI is InChI=1S/C7H7ClN2O2S/c8-6-4-13-3-5(6)1-9-10-7(12)2-11/h1,3-4,11H,2H2,(H,10,12)/b9-1+. The smallest absolute Gasteiger partial charge is 0.265 e. The van der Waals surface area contributed by atoms with Crippen LogP contribution in [0.4, 0.5) is 0 Å². The SMILES string of the molecule is O=C(CO)N/N=C/c1cscc1Cl. The van der Waals surface area contributed by atoms with Crippen LogP contribution >= 0.6 is 22.9 Å².